The van der Waals surface area contributed by atoms with Crippen LogP contribution >= 0.6 is 0 Å². The Balaban J connectivity index is 1.90. The van der Waals surface area contributed by atoms with Gasteiger partial charge in [-0.15, -0.1) is 0 Å². The van der Waals surface area contributed by atoms with Gasteiger partial charge in [0.25, 0.3) is 11.4 Å². The standard InChI is InChI=1S/C25H16FN5O3/c1-14-4-5-15(13-29-14)18-10-16(27-2)11-19-22(18)30-23(24-28-8-9-34-24)31(25(19)32)17-6-7-21(33-3)20(26)12-17/h4-13H,1,3H3. The van der Waals surface area contributed by atoms with E-state index in [0.29, 0.717) is 16.6 Å². The smallest absolute Gasteiger partial charge is 0.265 e. The molecule has 166 valence electrons. The van der Waals surface area contributed by atoms with Crippen molar-refractivity contribution in [3.05, 3.63) is 94.4 Å². The van der Waals surface area contributed by atoms with Gasteiger partial charge in [0.05, 0.1) is 36.5 Å². The van der Waals surface area contributed by atoms with Gasteiger partial charge in [-0.05, 0) is 42.8 Å². The van der Waals surface area contributed by atoms with Crippen LogP contribution in [0, 0.1) is 19.3 Å². The molecule has 0 saturated heterocycles. The molecule has 0 N–H and O–H groups in total. The number of rotatable bonds is 4. The molecule has 8 nitrogen and oxygen atoms in total. The first-order valence-electron chi connectivity index (χ1n) is 10.1. The third-order valence-electron chi connectivity index (χ3n) is 5.33. The summed E-state index contributed by atoms with van der Waals surface area (Å²) in [5.41, 5.74) is 2.40. The molecule has 5 aromatic rings. The topological polar surface area (TPSA) is 87.4 Å². The van der Waals surface area contributed by atoms with E-state index < -0.39 is 11.4 Å². The van der Waals surface area contributed by atoms with E-state index in [9.17, 15) is 9.18 Å². The summed E-state index contributed by atoms with van der Waals surface area (Å²) in [4.78, 5) is 30.5. The summed E-state index contributed by atoms with van der Waals surface area (Å²) < 4.78 is 26.2. The van der Waals surface area contributed by atoms with Crippen molar-refractivity contribution in [2.75, 3.05) is 7.11 Å². The largest absolute Gasteiger partial charge is 0.494 e. The quantitative estimate of drug-likeness (QED) is 0.352. The Morgan fingerprint density at radius 2 is 2.00 bits per heavy atom. The number of ether oxygens (including phenoxy) is 1. The molecule has 0 saturated carbocycles. The van der Waals surface area contributed by atoms with Gasteiger partial charge in [0.1, 0.15) is 6.26 Å². The molecular weight excluding hydrogens is 437 g/mol. The van der Waals surface area contributed by atoms with E-state index in [4.69, 9.17) is 20.7 Å². The fourth-order valence-corrected chi connectivity index (χ4v) is 3.70. The van der Waals surface area contributed by atoms with Crippen LogP contribution in [0.2, 0.25) is 0 Å². The molecule has 0 fully saturated rings. The van der Waals surface area contributed by atoms with E-state index in [1.165, 1.54) is 48.4 Å². The number of oxazole rings is 1. The van der Waals surface area contributed by atoms with Crippen LogP contribution in [0.1, 0.15) is 5.69 Å². The number of methoxy groups -OCH3 is 1. The molecule has 3 heterocycles. The first-order valence-corrected chi connectivity index (χ1v) is 10.1. The lowest BCUT2D eigenvalue weighted by atomic mass is 10.0. The Hall–Kier alpha value is -4.84. The zero-order valence-corrected chi connectivity index (χ0v) is 18.1. The lowest BCUT2D eigenvalue weighted by molar-refractivity contribution is 0.386. The molecule has 0 amide bonds. The number of nitrogens with zero attached hydrogens (tertiary/aromatic N) is 5. The molecule has 0 aliphatic heterocycles. The number of halogens is 1. The summed E-state index contributed by atoms with van der Waals surface area (Å²) in [6.07, 6.45) is 4.45. The zero-order valence-electron chi connectivity index (χ0n) is 18.1. The first kappa shape index (κ1) is 21.0. The number of aryl methyl sites for hydroxylation is 1. The van der Waals surface area contributed by atoms with Crippen molar-refractivity contribution in [3.8, 4) is 34.3 Å². The zero-order chi connectivity index (χ0) is 23.8. The summed E-state index contributed by atoms with van der Waals surface area (Å²) in [6, 6.07) is 10.9. The molecular formula is C25H16FN5O3. The average Bonchev–Trinajstić information content (AvgIpc) is 3.39. The minimum atomic E-state index is -0.647. The molecule has 0 aliphatic rings. The van der Waals surface area contributed by atoms with Crippen LogP contribution in [0.4, 0.5) is 10.1 Å². The predicted octanol–water partition coefficient (Wildman–Crippen LogP) is 5.11. The van der Waals surface area contributed by atoms with Gasteiger partial charge < -0.3 is 9.15 Å². The van der Waals surface area contributed by atoms with Crippen LogP contribution in [-0.4, -0.2) is 26.6 Å². The summed E-state index contributed by atoms with van der Waals surface area (Å²) in [7, 11) is 1.35. The Morgan fingerprint density at radius 1 is 1.15 bits per heavy atom. The Bertz CT molecular complexity index is 1640. The third kappa shape index (κ3) is 3.47. The fraction of sp³-hybridized carbons (Fsp3) is 0.0800. The van der Waals surface area contributed by atoms with Gasteiger partial charge in [0.2, 0.25) is 5.82 Å². The summed E-state index contributed by atoms with van der Waals surface area (Å²) in [5.74, 6) is -0.444. The molecule has 0 spiro atoms. The third-order valence-corrected chi connectivity index (χ3v) is 5.33. The molecule has 0 bridgehead atoms. The average molecular weight is 453 g/mol. The van der Waals surface area contributed by atoms with Crippen LogP contribution in [0.3, 0.4) is 0 Å². The number of hydrogen-bond donors (Lipinski definition) is 0. The first-order chi connectivity index (χ1) is 16.5. The Labute approximate surface area is 192 Å². The highest BCUT2D eigenvalue weighted by Crippen LogP contribution is 2.33. The monoisotopic (exact) mass is 453 g/mol. The molecule has 0 aliphatic carbocycles. The van der Waals surface area contributed by atoms with Gasteiger partial charge in [0.15, 0.2) is 17.3 Å². The van der Waals surface area contributed by atoms with Crippen LogP contribution in [0.5, 0.6) is 5.75 Å². The minimum absolute atomic E-state index is 0.0349. The van der Waals surface area contributed by atoms with E-state index in [2.05, 4.69) is 14.8 Å². The number of pyridine rings is 1. The second-order valence-electron chi connectivity index (χ2n) is 7.42. The maximum absolute atomic E-state index is 14.5. The molecule has 0 atom stereocenters. The van der Waals surface area contributed by atoms with E-state index in [1.54, 1.807) is 12.3 Å². The van der Waals surface area contributed by atoms with Gasteiger partial charge in [-0.3, -0.25) is 14.3 Å². The lowest BCUT2D eigenvalue weighted by Crippen LogP contribution is -2.22. The second-order valence-corrected chi connectivity index (χ2v) is 7.42. The van der Waals surface area contributed by atoms with Crippen molar-refractivity contribution in [2.24, 2.45) is 0 Å². The number of aromatic nitrogens is 4. The number of fused-ring (bicyclic) bond motifs is 1. The highest BCUT2D eigenvalue weighted by atomic mass is 19.1. The van der Waals surface area contributed by atoms with Gasteiger partial charge in [-0.25, -0.2) is 19.2 Å². The van der Waals surface area contributed by atoms with Crippen molar-refractivity contribution in [1.82, 2.24) is 19.5 Å². The lowest BCUT2D eigenvalue weighted by Gasteiger charge is -2.15. The summed E-state index contributed by atoms with van der Waals surface area (Å²) in [6.45, 7) is 9.39. The maximum atomic E-state index is 14.5. The molecule has 0 radical (unpaired) electrons. The molecule has 9 heteroatoms. The van der Waals surface area contributed by atoms with Crippen LogP contribution in [-0.2, 0) is 0 Å². The minimum Gasteiger partial charge on any atom is -0.494 e. The van der Waals surface area contributed by atoms with E-state index in [-0.39, 0.29) is 34.2 Å². The van der Waals surface area contributed by atoms with Gasteiger partial charge >= 0.3 is 0 Å². The predicted molar refractivity (Wildman–Crippen MR) is 124 cm³/mol. The molecule has 34 heavy (non-hydrogen) atoms. The van der Waals surface area contributed by atoms with Crippen LogP contribution in [0.25, 0.3) is 44.3 Å². The highest BCUT2D eigenvalue weighted by Gasteiger charge is 2.21. The number of benzene rings is 2. The molecule has 3 aromatic heterocycles. The van der Waals surface area contributed by atoms with Crippen molar-refractivity contribution < 1.29 is 13.5 Å². The van der Waals surface area contributed by atoms with E-state index >= 15 is 0 Å². The van der Waals surface area contributed by atoms with Crippen molar-refractivity contribution in [3.63, 3.8) is 0 Å². The van der Waals surface area contributed by atoms with Gasteiger partial charge in [-0.2, -0.15) is 0 Å². The summed E-state index contributed by atoms with van der Waals surface area (Å²) in [5, 5.41) is 0.190. The Morgan fingerprint density at radius 3 is 2.65 bits per heavy atom. The summed E-state index contributed by atoms with van der Waals surface area (Å²) >= 11 is 0. The van der Waals surface area contributed by atoms with E-state index in [0.717, 1.165) is 5.69 Å². The van der Waals surface area contributed by atoms with Crippen LogP contribution < -0.4 is 10.3 Å². The van der Waals surface area contributed by atoms with E-state index in [1.807, 2.05) is 19.1 Å². The van der Waals surface area contributed by atoms with Gasteiger partial charge in [0, 0.05) is 23.5 Å². The molecule has 5 rings (SSSR count). The highest BCUT2D eigenvalue weighted by molar-refractivity contribution is 5.97. The maximum Gasteiger partial charge on any atom is 0.265 e. The second kappa shape index (κ2) is 8.26. The number of hydrogen-bond acceptors (Lipinski definition) is 6. The van der Waals surface area contributed by atoms with Crippen molar-refractivity contribution in [2.45, 2.75) is 6.92 Å². The van der Waals surface area contributed by atoms with Crippen molar-refractivity contribution >= 4 is 16.6 Å². The van der Waals surface area contributed by atoms with Crippen LogP contribution in [0.15, 0.2) is 70.3 Å². The Kier molecular flexibility index (Phi) is 5.11. The SMILES string of the molecule is [C-]#[N+]c1cc(-c2ccc(C)nc2)c2nc(-c3ncco3)n(-c3ccc(OC)c(F)c3)c(=O)c2c1. The van der Waals surface area contributed by atoms with Gasteiger partial charge in [-0.1, -0.05) is 6.07 Å². The molecule has 0 unspecified atom stereocenters. The fourth-order valence-electron chi connectivity index (χ4n) is 3.70. The molecule has 2 aromatic carbocycles. The van der Waals surface area contributed by atoms with Crippen molar-refractivity contribution in [1.29, 1.82) is 0 Å². The normalized spacial score (nSPS) is 10.9.